The van der Waals surface area contributed by atoms with Gasteiger partial charge in [-0.05, 0) is 99.7 Å². The third kappa shape index (κ3) is 6.87. The number of aliphatic hydroxyl groups is 2. The largest absolute Gasteiger partial charge is 0.460 e. The number of nitrogens with one attached hydrogen (secondary N) is 1. The van der Waals surface area contributed by atoms with Gasteiger partial charge in [0.1, 0.15) is 12.7 Å². The highest BCUT2D eigenvalue weighted by molar-refractivity contribution is 5.71. The molecule has 6 aliphatic rings. The van der Waals surface area contributed by atoms with E-state index in [1.54, 1.807) is 27.7 Å². The lowest BCUT2D eigenvalue weighted by molar-refractivity contribution is -0.252. The zero-order chi connectivity index (χ0) is 39.1. The summed E-state index contributed by atoms with van der Waals surface area (Å²) in [4.78, 5) is 13.4. The van der Waals surface area contributed by atoms with Crippen LogP contribution in [0.5, 0.6) is 0 Å². The number of hydrogen-bond donors (Lipinski definition) is 3. The average Bonchev–Trinajstić information content (AvgIpc) is 3.40. The van der Waals surface area contributed by atoms with Gasteiger partial charge in [-0.25, -0.2) is 18.9 Å². The van der Waals surface area contributed by atoms with Crippen molar-refractivity contribution in [3.05, 3.63) is 0 Å². The number of carbonyl (C=O) groups is 1. The number of halogens is 5. The van der Waals surface area contributed by atoms with Crippen LogP contribution in [0.3, 0.4) is 0 Å². The SMILES string of the molecule is CC(C)(O)[C@@H]1CC[C@@](C)([C@H]2[C@@H](O)C[C@@]3(C)[C@@H]4C[C@H](OC(=O)COCCOCCOCCNC(F)(F)F)[C@H]5C(C)(C)C(F)(F)CC[C@@]56C[C@@]46CC[C@]23C)O1. The lowest BCUT2D eigenvalue weighted by atomic mass is 9.41. The van der Waals surface area contributed by atoms with Gasteiger partial charge in [0.25, 0.3) is 5.92 Å². The zero-order valence-electron chi connectivity index (χ0n) is 32.5. The van der Waals surface area contributed by atoms with Crippen molar-refractivity contribution >= 4 is 5.97 Å². The second kappa shape index (κ2) is 13.7. The Kier molecular flexibility index (Phi) is 10.8. The second-order valence-corrected chi connectivity index (χ2v) is 19.1. The summed E-state index contributed by atoms with van der Waals surface area (Å²) in [6.45, 7) is 13.0. The van der Waals surface area contributed by atoms with Gasteiger partial charge in [-0.2, -0.15) is 13.2 Å². The number of hydrogen-bond acceptors (Lipinski definition) is 9. The molecule has 0 aromatic rings. The van der Waals surface area contributed by atoms with Gasteiger partial charge in [0.05, 0.1) is 56.4 Å². The van der Waals surface area contributed by atoms with Crippen molar-refractivity contribution in [2.45, 2.75) is 148 Å². The Hall–Kier alpha value is -1.16. The maximum Gasteiger partial charge on any atom is 0.457 e. The summed E-state index contributed by atoms with van der Waals surface area (Å²) in [5.41, 5.74) is -4.32. The molecule has 53 heavy (non-hydrogen) atoms. The number of aliphatic hydroxyl groups excluding tert-OH is 1. The van der Waals surface area contributed by atoms with Crippen molar-refractivity contribution in [3.63, 3.8) is 0 Å². The highest BCUT2D eigenvalue weighted by Crippen LogP contribution is 2.90. The van der Waals surface area contributed by atoms with Crippen molar-refractivity contribution in [3.8, 4) is 0 Å². The fraction of sp³-hybridized carbons (Fsp3) is 0.974. The van der Waals surface area contributed by atoms with Crippen molar-refractivity contribution in [1.29, 1.82) is 0 Å². The molecule has 5 aliphatic carbocycles. The van der Waals surface area contributed by atoms with Crippen LogP contribution in [0, 0.1) is 44.8 Å². The predicted molar refractivity (Wildman–Crippen MR) is 184 cm³/mol. The van der Waals surface area contributed by atoms with E-state index in [1.807, 2.05) is 0 Å². The molecule has 5 saturated carbocycles. The maximum atomic E-state index is 15.8. The maximum absolute atomic E-state index is 15.8. The molecule has 0 aromatic heterocycles. The van der Waals surface area contributed by atoms with Crippen LogP contribution in [0.1, 0.15) is 106 Å². The smallest absolute Gasteiger partial charge is 0.457 e. The summed E-state index contributed by atoms with van der Waals surface area (Å²) in [6, 6.07) is 0. The fourth-order valence-corrected chi connectivity index (χ4v) is 13.2. The van der Waals surface area contributed by atoms with E-state index in [9.17, 15) is 28.2 Å². The average molecular weight is 768 g/mol. The molecule has 0 aromatic carbocycles. The predicted octanol–water partition coefficient (Wildman–Crippen LogP) is 6.42. The van der Waals surface area contributed by atoms with E-state index >= 15 is 8.78 Å². The molecular formula is C39H62F5NO8. The number of carbonyl (C=O) groups excluding carboxylic acids is 1. The van der Waals surface area contributed by atoms with Crippen LogP contribution in [0.25, 0.3) is 0 Å². The third-order valence-corrected chi connectivity index (χ3v) is 15.7. The fourth-order valence-electron chi connectivity index (χ4n) is 13.2. The first-order valence-corrected chi connectivity index (χ1v) is 19.6. The van der Waals surface area contributed by atoms with Gasteiger partial charge in [-0.3, -0.25) is 0 Å². The van der Waals surface area contributed by atoms with Crippen LogP contribution in [0.4, 0.5) is 22.0 Å². The minimum Gasteiger partial charge on any atom is -0.460 e. The molecule has 1 saturated heterocycles. The van der Waals surface area contributed by atoms with E-state index in [0.717, 1.165) is 25.7 Å². The van der Waals surface area contributed by atoms with Gasteiger partial charge in [0.2, 0.25) is 0 Å². The molecule has 9 nitrogen and oxygen atoms in total. The monoisotopic (exact) mass is 767 g/mol. The summed E-state index contributed by atoms with van der Waals surface area (Å²) >= 11 is 0. The molecule has 1 heterocycles. The zero-order valence-corrected chi connectivity index (χ0v) is 32.5. The quantitative estimate of drug-likeness (QED) is 0.0798. The van der Waals surface area contributed by atoms with Crippen LogP contribution in [-0.2, 0) is 28.5 Å². The van der Waals surface area contributed by atoms with E-state index in [4.69, 9.17) is 23.7 Å². The standard InChI is InChI=1S/C39H62F5NO8/c1-31(2)30-25(52-28(47)22-51-19-18-50-17-16-49-15-14-45-39(42,43)44)20-26-34(6)21-24(46)29(35(7)9-8-27(53-35)32(3,4)48)33(34,5)10-11-36(26)23-37(30,36)12-13-38(31,40)41/h24-27,29-30,45-46,48H,8-23H2,1-7H3/t24-,25-,26-,27-,29-,30-,33+,34-,35-,36-,37+/m0/s1. The van der Waals surface area contributed by atoms with E-state index in [0.29, 0.717) is 25.7 Å². The Morgan fingerprint density at radius 3 is 2.09 bits per heavy atom. The Balaban J connectivity index is 1.13. The Morgan fingerprint density at radius 1 is 0.849 bits per heavy atom. The van der Waals surface area contributed by atoms with Crippen LogP contribution in [-0.4, -0.2) is 104 Å². The first-order chi connectivity index (χ1) is 24.4. The minimum absolute atomic E-state index is 0.0424. The summed E-state index contributed by atoms with van der Waals surface area (Å²) in [7, 11) is 0. The molecule has 1 aliphatic heterocycles. The highest BCUT2D eigenvalue weighted by atomic mass is 19.4. The van der Waals surface area contributed by atoms with Crippen LogP contribution in [0.15, 0.2) is 0 Å². The van der Waals surface area contributed by atoms with E-state index in [2.05, 4.69) is 20.8 Å². The first-order valence-electron chi connectivity index (χ1n) is 19.6. The molecule has 3 N–H and O–H groups in total. The van der Waals surface area contributed by atoms with Crippen molar-refractivity contribution in [1.82, 2.24) is 5.32 Å². The number of esters is 1. The third-order valence-electron chi connectivity index (χ3n) is 15.7. The van der Waals surface area contributed by atoms with Crippen LogP contribution >= 0.6 is 0 Å². The minimum atomic E-state index is -4.46. The Bertz CT molecular complexity index is 1360. The Labute approximate surface area is 310 Å². The number of rotatable bonds is 14. The molecule has 0 amide bonds. The summed E-state index contributed by atoms with van der Waals surface area (Å²) in [6.07, 6.45) is -1.06. The summed E-state index contributed by atoms with van der Waals surface area (Å²) in [5.74, 6) is -4.23. The van der Waals surface area contributed by atoms with Crippen LogP contribution < -0.4 is 5.32 Å². The van der Waals surface area contributed by atoms with Gasteiger partial charge in [0.15, 0.2) is 0 Å². The normalized spacial score (nSPS) is 44.1. The number of alkyl halides is 5. The molecule has 2 spiro atoms. The number of ether oxygens (including phenoxy) is 5. The molecule has 0 bridgehead atoms. The van der Waals surface area contributed by atoms with Crippen LogP contribution in [0.2, 0.25) is 0 Å². The highest BCUT2D eigenvalue weighted by Gasteiger charge is 2.86. The Morgan fingerprint density at radius 2 is 1.47 bits per heavy atom. The van der Waals surface area contributed by atoms with E-state index in [-0.39, 0.29) is 86.8 Å². The van der Waals surface area contributed by atoms with Gasteiger partial charge in [-0.1, -0.05) is 27.7 Å². The molecule has 0 radical (unpaired) electrons. The summed E-state index contributed by atoms with van der Waals surface area (Å²) < 4.78 is 97.0. The molecular weight excluding hydrogens is 705 g/mol. The summed E-state index contributed by atoms with van der Waals surface area (Å²) in [5, 5.41) is 24.2. The second-order valence-electron chi connectivity index (χ2n) is 19.1. The van der Waals surface area contributed by atoms with Gasteiger partial charge < -0.3 is 33.9 Å². The van der Waals surface area contributed by atoms with Gasteiger partial charge >= 0.3 is 12.3 Å². The molecule has 6 rings (SSSR count). The lowest BCUT2D eigenvalue weighted by Crippen LogP contribution is -2.64. The van der Waals surface area contributed by atoms with Crippen molar-refractivity contribution in [2.75, 3.05) is 46.2 Å². The molecule has 11 atom stereocenters. The van der Waals surface area contributed by atoms with E-state index in [1.165, 1.54) is 5.32 Å². The molecule has 0 unspecified atom stereocenters. The topological polar surface area (TPSA) is 116 Å². The first kappa shape index (κ1) is 41.5. The van der Waals surface area contributed by atoms with E-state index < -0.39 is 58.3 Å². The van der Waals surface area contributed by atoms with Gasteiger partial charge in [0, 0.05) is 30.2 Å². The van der Waals surface area contributed by atoms with Gasteiger partial charge in [-0.15, -0.1) is 0 Å². The van der Waals surface area contributed by atoms with Crippen molar-refractivity contribution in [2.24, 2.45) is 44.8 Å². The van der Waals surface area contributed by atoms with Crippen molar-refractivity contribution < 1.29 is 60.6 Å². The molecule has 306 valence electrons. The number of fused-ring (bicyclic) bond motifs is 2. The molecule has 14 heteroatoms. The lowest BCUT2D eigenvalue weighted by Gasteiger charge is -2.65. The molecule has 6 fully saturated rings.